The topological polar surface area (TPSA) is 61.8 Å². The zero-order chi connectivity index (χ0) is 18.6. The summed E-state index contributed by atoms with van der Waals surface area (Å²) in [6.45, 7) is 7.49. The molecule has 0 bridgehead atoms. The summed E-state index contributed by atoms with van der Waals surface area (Å²) >= 11 is 0. The number of benzene rings is 2. The smallest absolute Gasteiger partial charge is 0.308 e. The number of hydrogen-bond donors (Lipinski definition) is 0. The molecule has 0 fully saturated rings. The molecule has 134 valence electrons. The van der Waals surface area contributed by atoms with Crippen molar-refractivity contribution < 1.29 is 23.8 Å². The minimum Gasteiger partial charge on any atom is -0.496 e. The van der Waals surface area contributed by atoms with Gasteiger partial charge in [0.15, 0.2) is 5.78 Å². The van der Waals surface area contributed by atoms with E-state index in [0.29, 0.717) is 46.1 Å². The maximum Gasteiger partial charge on any atom is 0.308 e. The van der Waals surface area contributed by atoms with Gasteiger partial charge >= 0.3 is 5.97 Å². The molecule has 2 aromatic carbocycles. The highest BCUT2D eigenvalue weighted by molar-refractivity contribution is 6.08. The molecule has 25 heavy (non-hydrogen) atoms. The van der Waals surface area contributed by atoms with Crippen LogP contribution in [0.4, 0.5) is 0 Å². The van der Waals surface area contributed by atoms with Gasteiger partial charge in [0.2, 0.25) is 0 Å². The summed E-state index contributed by atoms with van der Waals surface area (Å²) in [5.74, 6) is 1.22. The van der Waals surface area contributed by atoms with Crippen LogP contribution in [0.2, 0.25) is 0 Å². The van der Waals surface area contributed by atoms with E-state index < -0.39 is 5.97 Å². The second kappa shape index (κ2) is 8.01. The molecule has 0 amide bonds. The van der Waals surface area contributed by atoms with Gasteiger partial charge in [0.25, 0.3) is 0 Å². The van der Waals surface area contributed by atoms with E-state index in [4.69, 9.17) is 14.2 Å². The summed E-state index contributed by atoms with van der Waals surface area (Å²) in [6.07, 6.45) is 0.861. The zero-order valence-electron chi connectivity index (χ0n) is 15.3. The third-order valence-electron chi connectivity index (χ3n) is 3.83. The quantitative estimate of drug-likeness (QED) is 0.423. The predicted molar refractivity (Wildman–Crippen MR) is 96.8 cm³/mol. The van der Waals surface area contributed by atoms with Crippen molar-refractivity contribution in [2.75, 3.05) is 13.7 Å². The van der Waals surface area contributed by atoms with Crippen molar-refractivity contribution in [3.05, 3.63) is 29.8 Å². The van der Waals surface area contributed by atoms with E-state index in [-0.39, 0.29) is 5.78 Å². The normalized spacial score (nSPS) is 10.8. The maximum atomic E-state index is 12.2. The van der Waals surface area contributed by atoms with E-state index in [1.165, 1.54) is 13.8 Å². The summed E-state index contributed by atoms with van der Waals surface area (Å²) in [5, 5.41) is 1.30. The largest absolute Gasteiger partial charge is 0.496 e. The molecule has 0 aliphatic carbocycles. The Labute approximate surface area is 147 Å². The average molecular weight is 344 g/mol. The van der Waals surface area contributed by atoms with Crippen molar-refractivity contribution in [3.8, 4) is 17.2 Å². The fraction of sp³-hybridized carbons (Fsp3) is 0.400. The summed E-state index contributed by atoms with van der Waals surface area (Å²) < 4.78 is 16.8. The number of esters is 1. The van der Waals surface area contributed by atoms with E-state index in [9.17, 15) is 9.59 Å². The third kappa shape index (κ3) is 4.29. The van der Waals surface area contributed by atoms with Crippen LogP contribution in [0, 0.1) is 5.92 Å². The predicted octanol–water partition coefficient (Wildman–Crippen LogP) is 4.40. The summed E-state index contributed by atoms with van der Waals surface area (Å²) in [5.41, 5.74) is 0.372. The zero-order valence-corrected chi connectivity index (χ0v) is 15.3. The Hall–Kier alpha value is -2.56. The molecule has 0 heterocycles. The molecule has 0 saturated heterocycles. The first-order valence-electron chi connectivity index (χ1n) is 8.31. The van der Waals surface area contributed by atoms with Crippen LogP contribution in [0.1, 0.15) is 44.5 Å². The van der Waals surface area contributed by atoms with Crippen molar-refractivity contribution >= 4 is 22.5 Å². The first-order chi connectivity index (χ1) is 11.8. The molecule has 5 heteroatoms. The lowest BCUT2D eigenvalue weighted by Gasteiger charge is -2.18. The van der Waals surface area contributed by atoms with Crippen LogP contribution in [0.25, 0.3) is 10.8 Å². The maximum absolute atomic E-state index is 12.2. The molecule has 2 rings (SSSR count). The monoisotopic (exact) mass is 344 g/mol. The van der Waals surface area contributed by atoms with Crippen LogP contribution in [-0.4, -0.2) is 25.5 Å². The molecule has 0 radical (unpaired) electrons. The highest BCUT2D eigenvalue weighted by Gasteiger charge is 2.21. The highest BCUT2D eigenvalue weighted by atomic mass is 16.5. The number of carbonyl (C=O) groups excluding carboxylic acids is 2. The molecule has 0 aliphatic heterocycles. The van der Waals surface area contributed by atoms with Gasteiger partial charge < -0.3 is 14.2 Å². The number of ketones is 1. The Kier molecular flexibility index (Phi) is 6.02. The number of hydrogen-bond acceptors (Lipinski definition) is 5. The fourth-order valence-corrected chi connectivity index (χ4v) is 2.60. The van der Waals surface area contributed by atoms with Gasteiger partial charge in [-0.05, 0) is 31.4 Å². The number of Topliss-reactive ketones (excluding diaryl/α,β-unsaturated/α-hetero) is 1. The average Bonchev–Trinajstić information content (AvgIpc) is 2.54. The lowest BCUT2D eigenvalue weighted by atomic mass is 10.0. The summed E-state index contributed by atoms with van der Waals surface area (Å²) in [7, 11) is 1.55. The van der Waals surface area contributed by atoms with E-state index in [2.05, 4.69) is 13.8 Å². The number of fused-ring (bicyclic) bond motifs is 1. The molecule has 0 aromatic heterocycles. The molecule has 2 aromatic rings. The first kappa shape index (κ1) is 18.8. The van der Waals surface area contributed by atoms with Crippen molar-refractivity contribution in [1.82, 2.24) is 0 Å². The minimum atomic E-state index is -0.452. The van der Waals surface area contributed by atoms with Gasteiger partial charge in [0.1, 0.15) is 17.2 Å². The molecular formula is C20H24O5. The van der Waals surface area contributed by atoms with Crippen molar-refractivity contribution in [3.63, 3.8) is 0 Å². The Morgan fingerprint density at radius 2 is 1.84 bits per heavy atom. The van der Waals surface area contributed by atoms with E-state index in [0.717, 1.165) is 6.42 Å². The van der Waals surface area contributed by atoms with Gasteiger partial charge in [-0.3, -0.25) is 9.59 Å². The van der Waals surface area contributed by atoms with Gasteiger partial charge in [-0.1, -0.05) is 26.0 Å². The molecule has 0 spiro atoms. The molecule has 0 atom stereocenters. The van der Waals surface area contributed by atoms with Crippen molar-refractivity contribution in [2.24, 2.45) is 5.92 Å². The third-order valence-corrected chi connectivity index (χ3v) is 3.83. The van der Waals surface area contributed by atoms with Crippen LogP contribution in [0.3, 0.4) is 0 Å². The van der Waals surface area contributed by atoms with Crippen LogP contribution >= 0.6 is 0 Å². The van der Waals surface area contributed by atoms with Gasteiger partial charge in [0, 0.05) is 12.3 Å². The molecule has 0 N–H and O–H groups in total. The van der Waals surface area contributed by atoms with Gasteiger partial charge in [0.05, 0.1) is 24.7 Å². The van der Waals surface area contributed by atoms with E-state index in [1.54, 1.807) is 25.3 Å². The lowest BCUT2D eigenvalue weighted by molar-refractivity contribution is -0.131. The Morgan fingerprint density at radius 3 is 2.40 bits per heavy atom. The Morgan fingerprint density at radius 1 is 1.12 bits per heavy atom. The van der Waals surface area contributed by atoms with E-state index in [1.807, 2.05) is 6.07 Å². The van der Waals surface area contributed by atoms with Crippen LogP contribution in [0.5, 0.6) is 17.2 Å². The second-order valence-electron chi connectivity index (χ2n) is 6.32. The van der Waals surface area contributed by atoms with Gasteiger partial charge in [-0.15, -0.1) is 0 Å². The summed E-state index contributed by atoms with van der Waals surface area (Å²) in [6, 6.07) is 6.98. The molecule has 0 aliphatic rings. The van der Waals surface area contributed by atoms with Crippen molar-refractivity contribution in [1.29, 1.82) is 0 Å². The molecule has 0 unspecified atom stereocenters. The number of carbonyl (C=O) groups is 2. The molecular weight excluding hydrogens is 320 g/mol. The standard InChI is InChI=1S/C20H24O5/c1-12(2)9-10-24-20-16(13(3)21)11-18(25-14(4)22)15-7-6-8-17(23-5)19(15)20/h6-8,11-12H,9-10H2,1-5H3. The second-order valence-corrected chi connectivity index (χ2v) is 6.32. The lowest BCUT2D eigenvalue weighted by Crippen LogP contribution is -2.09. The van der Waals surface area contributed by atoms with Gasteiger partial charge in [-0.25, -0.2) is 0 Å². The van der Waals surface area contributed by atoms with Crippen LogP contribution < -0.4 is 14.2 Å². The fourth-order valence-electron chi connectivity index (χ4n) is 2.60. The molecule has 0 saturated carbocycles. The number of ether oxygens (including phenoxy) is 3. The Bertz CT molecular complexity index is 792. The van der Waals surface area contributed by atoms with Crippen LogP contribution in [-0.2, 0) is 4.79 Å². The Balaban J connectivity index is 2.71. The number of methoxy groups -OCH3 is 1. The molecule has 5 nitrogen and oxygen atoms in total. The van der Waals surface area contributed by atoms with Gasteiger partial charge in [-0.2, -0.15) is 0 Å². The summed E-state index contributed by atoms with van der Waals surface area (Å²) in [4.78, 5) is 23.6. The van der Waals surface area contributed by atoms with E-state index >= 15 is 0 Å². The first-order valence-corrected chi connectivity index (χ1v) is 8.31. The SMILES string of the molecule is COc1cccc2c(OC(C)=O)cc(C(C)=O)c(OCCC(C)C)c12. The highest BCUT2D eigenvalue weighted by Crippen LogP contribution is 2.42. The number of rotatable bonds is 7. The van der Waals surface area contributed by atoms with Crippen LogP contribution in [0.15, 0.2) is 24.3 Å². The minimum absolute atomic E-state index is 0.166. The van der Waals surface area contributed by atoms with Crippen molar-refractivity contribution in [2.45, 2.75) is 34.1 Å².